The molecule has 128 valence electrons. The summed E-state index contributed by atoms with van der Waals surface area (Å²) in [6.07, 6.45) is 10.8. The van der Waals surface area contributed by atoms with Crippen molar-refractivity contribution in [1.82, 2.24) is 0 Å². The minimum absolute atomic E-state index is 0.708. The molecule has 24 heavy (non-hydrogen) atoms. The van der Waals surface area contributed by atoms with Gasteiger partial charge in [0.2, 0.25) is 0 Å². The summed E-state index contributed by atoms with van der Waals surface area (Å²) in [4.78, 5) is 0. The Bertz CT molecular complexity index is 582. The number of hydrogen-bond donors (Lipinski definition) is 0. The van der Waals surface area contributed by atoms with Gasteiger partial charge in [-0.1, -0.05) is 101 Å². The Labute approximate surface area is 148 Å². The zero-order chi connectivity index (χ0) is 16.8. The highest BCUT2D eigenvalue weighted by atomic mass is 14.4. The first-order valence-corrected chi connectivity index (χ1v) is 10.0. The van der Waals surface area contributed by atoms with Crippen LogP contribution in [-0.2, 0) is 0 Å². The second-order valence-electron chi connectivity index (χ2n) is 7.38. The van der Waals surface area contributed by atoms with Crippen molar-refractivity contribution in [1.29, 1.82) is 0 Å². The van der Waals surface area contributed by atoms with Crippen LogP contribution in [0.5, 0.6) is 0 Å². The number of hydrogen-bond acceptors (Lipinski definition) is 0. The maximum absolute atomic E-state index is 2.40. The predicted molar refractivity (Wildman–Crippen MR) is 106 cm³/mol. The van der Waals surface area contributed by atoms with E-state index in [0.717, 1.165) is 0 Å². The highest BCUT2D eigenvalue weighted by Crippen LogP contribution is 2.50. The van der Waals surface area contributed by atoms with Gasteiger partial charge in [0.05, 0.1) is 0 Å². The summed E-state index contributed by atoms with van der Waals surface area (Å²) in [6.45, 7) is 4.62. The van der Waals surface area contributed by atoms with Gasteiger partial charge in [-0.15, -0.1) is 0 Å². The van der Waals surface area contributed by atoms with Gasteiger partial charge >= 0.3 is 0 Å². The molecule has 0 aromatic heterocycles. The summed E-state index contributed by atoms with van der Waals surface area (Å²) in [5, 5.41) is 0. The van der Waals surface area contributed by atoms with Gasteiger partial charge in [-0.2, -0.15) is 0 Å². The van der Waals surface area contributed by atoms with Crippen molar-refractivity contribution in [2.45, 2.75) is 77.0 Å². The molecule has 1 aliphatic carbocycles. The van der Waals surface area contributed by atoms with E-state index in [0.29, 0.717) is 11.8 Å². The molecule has 1 aliphatic rings. The fourth-order valence-electron chi connectivity index (χ4n) is 4.51. The third kappa shape index (κ3) is 3.58. The average molecular weight is 321 g/mol. The third-order valence-electron chi connectivity index (χ3n) is 5.73. The molecule has 3 rings (SSSR count). The van der Waals surface area contributed by atoms with Crippen LogP contribution in [0, 0.1) is 0 Å². The molecule has 0 amide bonds. The topological polar surface area (TPSA) is 0 Å². The van der Waals surface area contributed by atoms with Crippen LogP contribution in [0.2, 0.25) is 0 Å². The van der Waals surface area contributed by atoms with Crippen LogP contribution in [0.1, 0.15) is 88.2 Å². The van der Waals surface area contributed by atoms with E-state index in [1.807, 2.05) is 0 Å². The van der Waals surface area contributed by atoms with Gasteiger partial charge in [0.15, 0.2) is 0 Å². The van der Waals surface area contributed by atoms with Crippen molar-refractivity contribution in [3.63, 3.8) is 0 Å². The molecule has 0 nitrogen and oxygen atoms in total. The average Bonchev–Trinajstić information content (AvgIpc) is 2.63. The first-order chi connectivity index (χ1) is 11.9. The molecule has 2 unspecified atom stereocenters. The molecule has 0 bridgehead atoms. The molecule has 0 aliphatic heterocycles. The van der Waals surface area contributed by atoms with E-state index in [9.17, 15) is 0 Å². The summed E-state index contributed by atoms with van der Waals surface area (Å²) >= 11 is 0. The molecule has 0 N–H and O–H groups in total. The fourth-order valence-corrected chi connectivity index (χ4v) is 4.51. The molecule has 2 atom stereocenters. The zero-order valence-corrected chi connectivity index (χ0v) is 15.4. The molecule has 2 aromatic carbocycles. The van der Waals surface area contributed by atoms with Crippen LogP contribution in [0.15, 0.2) is 48.5 Å². The molecule has 0 saturated heterocycles. The van der Waals surface area contributed by atoms with E-state index in [1.165, 1.54) is 62.5 Å². The van der Waals surface area contributed by atoms with E-state index in [4.69, 9.17) is 0 Å². The largest absolute Gasteiger partial charge is 0.0654 e. The van der Waals surface area contributed by atoms with Crippen molar-refractivity contribution < 1.29 is 0 Å². The molecule has 0 heteroatoms. The van der Waals surface area contributed by atoms with E-state index in [-0.39, 0.29) is 0 Å². The lowest BCUT2D eigenvalue weighted by molar-refractivity contribution is 0.438. The van der Waals surface area contributed by atoms with Crippen molar-refractivity contribution >= 4 is 0 Å². The van der Waals surface area contributed by atoms with Gasteiger partial charge in [0.25, 0.3) is 0 Å². The molecule has 0 spiro atoms. The second-order valence-corrected chi connectivity index (χ2v) is 7.38. The molecule has 0 heterocycles. The van der Waals surface area contributed by atoms with E-state index < -0.39 is 0 Å². The maximum atomic E-state index is 2.40. The molecular weight excluding hydrogens is 288 g/mol. The van der Waals surface area contributed by atoms with Gasteiger partial charge in [-0.25, -0.2) is 0 Å². The third-order valence-corrected chi connectivity index (χ3v) is 5.73. The maximum Gasteiger partial charge on any atom is -0.00867 e. The Morgan fingerprint density at radius 3 is 1.42 bits per heavy atom. The normalized spacial score (nSPS) is 18.9. The van der Waals surface area contributed by atoms with Gasteiger partial charge in [0, 0.05) is 0 Å². The van der Waals surface area contributed by atoms with E-state index in [1.54, 1.807) is 11.1 Å². The van der Waals surface area contributed by atoms with Crippen LogP contribution >= 0.6 is 0 Å². The highest BCUT2D eigenvalue weighted by Gasteiger charge is 2.32. The Morgan fingerprint density at radius 1 is 0.583 bits per heavy atom. The Balaban J connectivity index is 1.96. The predicted octanol–water partition coefficient (Wildman–Crippen LogP) is 7.70. The molecule has 2 aromatic rings. The molecular formula is C24H32. The standard InChI is InChI=1S/C24H32/c1-3-5-7-13-19-20(14-8-6-4-2)22-16-10-12-18-24(22)23-17-11-9-15-21(19)23/h9-12,15-20H,3-8,13-14H2,1-2H3. The molecule has 0 fully saturated rings. The van der Waals surface area contributed by atoms with Crippen molar-refractivity contribution in [3.05, 3.63) is 59.7 Å². The number of benzene rings is 2. The van der Waals surface area contributed by atoms with E-state index >= 15 is 0 Å². The minimum Gasteiger partial charge on any atom is -0.0654 e. The number of unbranched alkanes of at least 4 members (excludes halogenated alkanes) is 4. The minimum atomic E-state index is 0.708. The second kappa shape index (κ2) is 8.51. The summed E-state index contributed by atoms with van der Waals surface area (Å²) in [6, 6.07) is 18.4. The molecule has 0 saturated carbocycles. The summed E-state index contributed by atoms with van der Waals surface area (Å²) < 4.78 is 0. The van der Waals surface area contributed by atoms with Gasteiger partial charge in [0.1, 0.15) is 0 Å². The SMILES string of the molecule is CCCCCC1c2ccccc2-c2ccccc2C1CCCCC. The first-order valence-electron chi connectivity index (χ1n) is 10.0. The Morgan fingerprint density at radius 2 is 1.00 bits per heavy atom. The van der Waals surface area contributed by atoms with Crippen molar-refractivity contribution in [3.8, 4) is 11.1 Å². The fraction of sp³-hybridized carbons (Fsp3) is 0.500. The summed E-state index contributed by atoms with van der Waals surface area (Å²) in [7, 11) is 0. The van der Waals surface area contributed by atoms with Crippen LogP contribution in [0.4, 0.5) is 0 Å². The van der Waals surface area contributed by atoms with Gasteiger partial charge in [-0.05, 0) is 46.9 Å². The summed E-state index contributed by atoms with van der Waals surface area (Å²) in [5.74, 6) is 1.42. The van der Waals surface area contributed by atoms with Crippen LogP contribution in [0.3, 0.4) is 0 Å². The zero-order valence-electron chi connectivity index (χ0n) is 15.4. The van der Waals surface area contributed by atoms with E-state index in [2.05, 4.69) is 62.4 Å². The van der Waals surface area contributed by atoms with Crippen molar-refractivity contribution in [2.75, 3.05) is 0 Å². The highest BCUT2D eigenvalue weighted by molar-refractivity contribution is 5.75. The molecule has 0 radical (unpaired) electrons. The first kappa shape index (κ1) is 17.3. The van der Waals surface area contributed by atoms with Crippen molar-refractivity contribution in [2.24, 2.45) is 0 Å². The quantitative estimate of drug-likeness (QED) is 0.437. The van der Waals surface area contributed by atoms with Crippen LogP contribution in [0.25, 0.3) is 11.1 Å². The summed E-state index contributed by atoms with van der Waals surface area (Å²) in [5.41, 5.74) is 6.19. The smallest absolute Gasteiger partial charge is 0.00867 e. The lowest BCUT2D eigenvalue weighted by Crippen LogP contribution is -2.18. The lowest BCUT2D eigenvalue weighted by Gasteiger charge is -2.36. The van der Waals surface area contributed by atoms with Crippen LogP contribution < -0.4 is 0 Å². The van der Waals surface area contributed by atoms with Crippen LogP contribution in [-0.4, -0.2) is 0 Å². The number of rotatable bonds is 8. The monoisotopic (exact) mass is 320 g/mol. The Kier molecular flexibility index (Phi) is 6.12. The van der Waals surface area contributed by atoms with Gasteiger partial charge in [-0.3, -0.25) is 0 Å². The Hall–Kier alpha value is -1.56. The lowest BCUT2D eigenvalue weighted by atomic mass is 9.68. The number of fused-ring (bicyclic) bond motifs is 3. The van der Waals surface area contributed by atoms with Gasteiger partial charge < -0.3 is 0 Å².